The SMILES string of the molecule is CCC(=O)ON(NC(=O)OC(C)(C)C)C(=O)c1cccc(C#Cc2ccc(NC(=O)CNC(=O)OC(C)(C)C)cc2)c1. The number of hydroxylamine groups is 1. The number of amides is 4. The fourth-order valence-corrected chi connectivity index (χ4v) is 2.97. The normalized spacial score (nSPS) is 10.7. The van der Waals surface area contributed by atoms with Crippen molar-refractivity contribution in [3.8, 4) is 11.8 Å². The van der Waals surface area contributed by atoms with Crippen LogP contribution in [0.2, 0.25) is 0 Å². The van der Waals surface area contributed by atoms with Crippen LogP contribution in [0.15, 0.2) is 48.5 Å². The second-order valence-corrected chi connectivity index (χ2v) is 10.8. The lowest BCUT2D eigenvalue weighted by Crippen LogP contribution is -2.48. The van der Waals surface area contributed by atoms with Crippen LogP contribution in [0.4, 0.5) is 15.3 Å². The van der Waals surface area contributed by atoms with Crippen molar-refractivity contribution in [1.29, 1.82) is 0 Å². The molecule has 0 unspecified atom stereocenters. The van der Waals surface area contributed by atoms with Gasteiger partial charge in [-0.3, -0.25) is 9.59 Å². The molecule has 0 atom stereocenters. The van der Waals surface area contributed by atoms with E-state index in [0.717, 1.165) is 0 Å². The van der Waals surface area contributed by atoms with E-state index in [1.165, 1.54) is 12.1 Å². The molecule has 0 heterocycles. The van der Waals surface area contributed by atoms with Gasteiger partial charge in [-0.15, -0.1) is 0 Å². The Kier molecular flexibility index (Phi) is 11.5. The first kappa shape index (κ1) is 33.2. The van der Waals surface area contributed by atoms with Gasteiger partial charge in [-0.25, -0.2) is 14.4 Å². The third-order valence-corrected chi connectivity index (χ3v) is 4.68. The van der Waals surface area contributed by atoms with Gasteiger partial charge in [-0.1, -0.05) is 30.0 Å². The molecule has 12 heteroatoms. The summed E-state index contributed by atoms with van der Waals surface area (Å²) >= 11 is 0. The second-order valence-electron chi connectivity index (χ2n) is 10.8. The van der Waals surface area contributed by atoms with E-state index in [9.17, 15) is 24.0 Å². The third kappa shape index (κ3) is 12.4. The molecule has 0 saturated carbocycles. The number of alkyl carbamates (subject to hydrolysis) is 1. The van der Waals surface area contributed by atoms with Crippen LogP contribution >= 0.6 is 0 Å². The topological polar surface area (TPSA) is 152 Å². The Labute approximate surface area is 245 Å². The van der Waals surface area contributed by atoms with Crippen LogP contribution in [0.5, 0.6) is 0 Å². The number of nitrogens with zero attached hydrogens (tertiary/aromatic N) is 1. The Hall–Kier alpha value is -5.05. The lowest BCUT2D eigenvalue weighted by molar-refractivity contribution is -0.186. The summed E-state index contributed by atoms with van der Waals surface area (Å²) in [6, 6.07) is 12.9. The lowest BCUT2D eigenvalue weighted by atomic mass is 10.1. The molecule has 2 aromatic rings. The molecule has 0 saturated heterocycles. The number of hydrazine groups is 1. The first-order valence-electron chi connectivity index (χ1n) is 13.1. The Morgan fingerprint density at radius 1 is 0.810 bits per heavy atom. The summed E-state index contributed by atoms with van der Waals surface area (Å²) < 4.78 is 10.2. The monoisotopic (exact) mass is 580 g/mol. The van der Waals surface area contributed by atoms with Gasteiger partial charge < -0.3 is 24.9 Å². The molecule has 3 N–H and O–H groups in total. The summed E-state index contributed by atoms with van der Waals surface area (Å²) in [6.45, 7) is 11.4. The smallest absolute Gasteiger partial charge is 0.429 e. The summed E-state index contributed by atoms with van der Waals surface area (Å²) in [5.74, 6) is 3.92. The first-order valence-corrected chi connectivity index (χ1v) is 13.1. The molecule has 2 rings (SSSR count). The molecule has 4 amide bonds. The minimum atomic E-state index is -0.977. The van der Waals surface area contributed by atoms with Gasteiger partial charge in [0.25, 0.3) is 0 Å². The van der Waals surface area contributed by atoms with Crippen molar-refractivity contribution in [2.75, 3.05) is 11.9 Å². The van der Waals surface area contributed by atoms with E-state index in [2.05, 4.69) is 27.9 Å². The highest BCUT2D eigenvalue weighted by molar-refractivity contribution is 5.95. The summed E-state index contributed by atoms with van der Waals surface area (Å²) in [5, 5.41) is 5.48. The van der Waals surface area contributed by atoms with Crippen LogP contribution in [0.3, 0.4) is 0 Å². The highest BCUT2D eigenvalue weighted by Crippen LogP contribution is 2.12. The number of anilines is 1. The Bertz CT molecular complexity index is 1360. The molecule has 0 aliphatic carbocycles. The number of carbonyl (C=O) groups is 5. The predicted molar refractivity (Wildman–Crippen MR) is 154 cm³/mol. The Morgan fingerprint density at radius 3 is 2.00 bits per heavy atom. The zero-order valence-electron chi connectivity index (χ0n) is 24.7. The molecule has 42 heavy (non-hydrogen) atoms. The Balaban J connectivity index is 2.07. The number of hydrogen-bond donors (Lipinski definition) is 3. The van der Waals surface area contributed by atoms with Crippen molar-refractivity contribution >= 4 is 35.7 Å². The molecule has 0 radical (unpaired) electrons. The maximum absolute atomic E-state index is 13.1. The number of rotatable bonds is 5. The standard InChI is InChI=1S/C30H36N4O8/c1-8-25(36)42-34(33-28(39)41-30(5,6)7)26(37)22-11-9-10-21(18-22)13-12-20-14-16-23(17-15-20)32-24(35)19-31-27(38)40-29(2,3)4/h9-11,14-18H,8,19H2,1-7H3,(H,31,38)(H,32,35)(H,33,39). The molecular formula is C30H36N4O8. The summed E-state index contributed by atoms with van der Waals surface area (Å²) in [4.78, 5) is 65.9. The van der Waals surface area contributed by atoms with Crippen molar-refractivity contribution in [2.45, 2.75) is 66.1 Å². The van der Waals surface area contributed by atoms with Gasteiger partial charge in [-0.05, 0) is 84.0 Å². The molecular weight excluding hydrogens is 544 g/mol. The Morgan fingerprint density at radius 2 is 1.40 bits per heavy atom. The molecule has 0 aliphatic heterocycles. The molecule has 0 spiro atoms. The summed E-state index contributed by atoms with van der Waals surface area (Å²) in [7, 11) is 0. The summed E-state index contributed by atoms with van der Waals surface area (Å²) in [6.07, 6.45) is -1.70. The van der Waals surface area contributed by atoms with E-state index in [1.807, 2.05) is 0 Å². The van der Waals surface area contributed by atoms with Crippen LogP contribution in [0, 0.1) is 11.8 Å². The minimum absolute atomic E-state index is 0.0310. The fourth-order valence-electron chi connectivity index (χ4n) is 2.97. The van der Waals surface area contributed by atoms with Gasteiger partial charge in [0, 0.05) is 28.8 Å². The number of carbonyl (C=O) groups excluding carboxylic acids is 5. The maximum Gasteiger partial charge on any atom is 0.429 e. The van der Waals surface area contributed by atoms with Crippen molar-refractivity contribution < 1.29 is 38.3 Å². The van der Waals surface area contributed by atoms with Gasteiger partial charge in [0.2, 0.25) is 5.91 Å². The van der Waals surface area contributed by atoms with Gasteiger partial charge in [0.05, 0.1) is 0 Å². The third-order valence-electron chi connectivity index (χ3n) is 4.68. The number of nitrogens with one attached hydrogen (secondary N) is 3. The zero-order chi connectivity index (χ0) is 31.5. The zero-order valence-corrected chi connectivity index (χ0v) is 24.7. The van der Waals surface area contributed by atoms with Crippen LogP contribution in [-0.2, 0) is 23.9 Å². The van der Waals surface area contributed by atoms with E-state index in [1.54, 1.807) is 84.9 Å². The minimum Gasteiger partial charge on any atom is -0.444 e. The van der Waals surface area contributed by atoms with E-state index in [4.69, 9.17) is 14.3 Å². The first-order chi connectivity index (χ1) is 19.5. The van der Waals surface area contributed by atoms with Gasteiger partial charge in [0.1, 0.15) is 17.7 Å². The molecule has 12 nitrogen and oxygen atoms in total. The van der Waals surface area contributed by atoms with Gasteiger partial charge in [-0.2, -0.15) is 5.43 Å². The molecule has 0 aromatic heterocycles. The average molecular weight is 581 g/mol. The van der Waals surface area contributed by atoms with E-state index in [-0.39, 0.29) is 18.5 Å². The maximum atomic E-state index is 13.1. The van der Waals surface area contributed by atoms with E-state index in [0.29, 0.717) is 22.0 Å². The number of ether oxygens (including phenoxy) is 2. The molecule has 0 bridgehead atoms. The largest absolute Gasteiger partial charge is 0.444 e. The molecule has 2 aromatic carbocycles. The van der Waals surface area contributed by atoms with E-state index < -0.39 is 41.2 Å². The highest BCUT2D eigenvalue weighted by Gasteiger charge is 2.25. The van der Waals surface area contributed by atoms with Gasteiger partial charge in [0.15, 0.2) is 0 Å². The fraction of sp³-hybridized carbons (Fsp3) is 0.367. The molecule has 224 valence electrons. The molecule has 0 fully saturated rings. The number of hydrogen-bond acceptors (Lipinski definition) is 8. The summed E-state index contributed by atoms with van der Waals surface area (Å²) in [5.41, 5.74) is 2.34. The second kappa shape index (κ2) is 14.5. The van der Waals surface area contributed by atoms with Crippen molar-refractivity contribution in [3.63, 3.8) is 0 Å². The quantitative estimate of drug-likeness (QED) is 0.350. The number of benzene rings is 2. The lowest BCUT2D eigenvalue weighted by Gasteiger charge is -2.24. The highest BCUT2D eigenvalue weighted by atomic mass is 16.8. The predicted octanol–water partition coefficient (Wildman–Crippen LogP) is 4.30. The van der Waals surface area contributed by atoms with E-state index >= 15 is 0 Å². The van der Waals surface area contributed by atoms with Crippen molar-refractivity contribution in [2.24, 2.45) is 0 Å². The van der Waals surface area contributed by atoms with Gasteiger partial charge >= 0.3 is 24.1 Å². The van der Waals surface area contributed by atoms with Crippen LogP contribution in [0.25, 0.3) is 0 Å². The van der Waals surface area contributed by atoms with Crippen LogP contribution in [-0.4, -0.2) is 52.9 Å². The van der Waals surface area contributed by atoms with Crippen LogP contribution in [0.1, 0.15) is 76.4 Å². The van der Waals surface area contributed by atoms with Crippen molar-refractivity contribution in [3.05, 3.63) is 65.2 Å². The van der Waals surface area contributed by atoms with Crippen molar-refractivity contribution in [1.82, 2.24) is 15.9 Å². The van der Waals surface area contributed by atoms with Crippen LogP contribution < -0.4 is 16.1 Å². The molecule has 0 aliphatic rings. The average Bonchev–Trinajstić information content (AvgIpc) is 2.89.